The molecule has 0 aromatic rings. The molecule has 4 nitrogen and oxygen atoms in total. The molecule has 0 aliphatic rings. The fourth-order valence-corrected chi connectivity index (χ4v) is 0. The largest absolute Gasteiger partial charge is 0.503 e. The Balaban J connectivity index is -0.0000000720. The Kier molecular flexibility index (Phi) is 17.5. The third kappa shape index (κ3) is 151. The van der Waals surface area contributed by atoms with Gasteiger partial charge in [-0.25, -0.2) is 4.79 Å². The fourth-order valence-electron chi connectivity index (χ4n) is 0. The third-order valence-electron chi connectivity index (χ3n) is 0. The second kappa shape index (κ2) is 10.0. The van der Waals surface area contributed by atoms with Gasteiger partial charge in [0.25, 0.3) is 0 Å². The lowest BCUT2D eigenvalue weighted by atomic mass is 10.6. The highest BCUT2D eigenvalue weighted by molar-refractivity contribution is 5.72. The van der Waals surface area contributed by atoms with Crippen LogP contribution in [0, 0.1) is 0 Å². The Hall–Kier alpha value is -1.06. The van der Waals surface area contributed by atoms with Gasteiger partial charge in [-0.1, -0.05) is 7.43 Å². The van der Waals surface area contributed by atoms with Crippen molar-refractivity contribution in [3.63, 3.8) is 0 Å². The summed E-state index contributed by atoms with van der Waals surface area (Å²) in [5.74, 6) is 0.167. The minimum absolute atomic E-state index is 0. The lowest BCUT2D eigenvalue weighted by molar-refractivity contribution is -0.114. The average molecular weight is 136 g/mol. The summed E-state index contributed by atoms with van der Waals surface area (Å²) >= 11 is 0. The van der Waals surface area contributed by atoms with Crippen molar-refractivity contribution in [1.82, 2.24) is 0 Å². The van der Waals surface area contributed by atoms with Crippen LogP contribution in [0.2, 0.25) is 0 Å². The summed E-state index contributed by atoms with van der Waals surface area (Å²) in [6, 6.07) is 0. The number of carbonyl (C=O) groups excluding carboxylic acids is 1. The molecule has 0 aromatic carbocycles. The lowest BCUT2D eigenvalue weighted by Gasteiger charge is -1.60. The van der Waals surface area contributed by atoms with Crippen LogP contribution in [0.4, 0.5) is 4.79 Å². The zero-order chi connectivity index (χ0) is 7.15. The van der Waals surface area contributed by atoms with Crippen LogP contribution in [0.15, 0.2) is 0 Å². The molecule has 56 valence electrons. The molecule has 0 radical (unpaired) electrons. The van der Waals surface area contributed by atoms with Crippen LogP contribution in [0.5, 0.6) is 0 Å². The Bertz CT molecular complexity index is 67.0. The number of Topliss-reactive ketones (excluding diaryl/α,β-unsaturated/α-hetero) is 1. The summed E-state index contributed by atoms with van der Waals surface area (Å²) < 4.78 is 0. The van der Waals surface area contributed by atoms with E-state index < -0.39 is 6.16 Å². The summed E-state index contributed by atoms with van der Waals surface area (Å²) in [6.07, 6.45) is -1.83. The highest BCUT2D eigenvalue weighted by Crippen LogP contribution is 1.50. The molecule has 0 bridgehead atoms. The Morgan fingerprint density at radius 2 is 1.11 bits per heavy atom. The molecule has 0 rings (SSSR count). The smallest absolute Gasteiger partial charge is 0.450 e. The molecule has 4 heteroatoms. The number of hydrogen-bond acceptors (Lipinski definition) is 2. The van der Waals surface area contributed by atoms with Gasteiger partial charge in [0.05, 0.1) is 0 Å². The molecule has 0 aliphatic carbocycles. The standard InChI is InChI=1S/C3H6O.CH2O3.CH4/c1-3(2)4;2-1(3)4;/h1-2H3;(H2,2,3,4);1H4. The van der Waals surface area contributed by atoms with Gasteiger partial charge in [-0.3, -0.25) is 0 Å². The Morgan fingerprint density at radius 1 is 1.11 bits per heavy atom. The van der Waals surface area contributed by atoms with Crippen molar-refractivity contribution in [2.75, 3.05) is 0 Å². The quantitative estimate of drug-likeness (QED) is 0.528. The normalized spacial score (nSPS) is 5.56. The maximum Gasteiger partial charge on any atom is 0.503 e. The first kappa shape index (κ1) is 15.7. The van der Waals surface area contributed by atoms with E-state index in [1.807, 2.05) is 0 Å². The number of hydrogen-bond donors (Lipinski definition) is 2. The van der Waals surface area contributed by atoms with Gasteiger partial charge in [0.1, 0.15) is 5.78 Å². The van der Waals surface area contributed by atoms with Crippen LogP contribution < -0.4 is 0 Å². The summed E-state index contributed by atoms with van der Waals surface area (Å²) in [4.78, 5) is 18.0. The minimum Gasteiger partial charge on any atom is -0.450 e. The monoisotopic (exact) mass is 136 g/mol. The van der Waals surface area contributed by atoms with E-state index in [4.69, 9.17) is 15.0 Å². The van der Waals surface area contributed by atoms with Crippen molar-refractivity contribution in [3.05, 3.63) is 0 Å². The van der Waals surface area contributed by atoms with Gasteiger partial charge in [-0.15, -0.1) is 0 Å². The van der Waals surface area contributed by atoms with Crippen molar-refractivity contribution in [2.24, 2.45) is 0 Å². The van der Waals surface area contributed by atoms with Crippen LogP contribution in [0.3, 0.4) is 0 Å². The number of ketones is 1. The maximum absolute atomic E-state index is 9.44. The van der Waals surface area contributed by atoms with Crippen molar-refractivity contribution in [3.8, 4) is 0 Å². The first-order valence-corrected chi connectivity index (χ1v) is 1.86. The van der Waals surface area contributed by atoms with Gasteiger partial charge in [0, 0.05) is 0 Å². The van der Waals surface area contributed by atoms with E-state index in [0.717, 1.165) is 0 Å². The second-order valence-electron chi connectivity index (χ2n) is 1.19. The molecular formula is C5H12O4. The fraction of sp³-hybridized carbons (Fsp3) is 0.600. The van der Waals surface area contributed by atoms with E-state index in [1.54, 1.807) is 0 Å². The summed E-state index contributed by atoms with van der Waals surface area (Å²) in [6.45, 7) is 3.06. The number of carboxylic acid groups (broad SMARTS) is 2. The van der Waals surface area contributed by atoms with Gasteiger partial charge in [-0.2, -0.15) is 0 Å². The molecule has 0 aliphatic heterocycles. The van der Waals surface area contributed by atoms with Crippen LogP contribution in [-0.2, 0) is 4.79 Å². The predicted molar refractivity (Wildman–Crippen MR) is 33.7 cm³/mol. The third-order valence-corrected chi connectivity index (χ3v) is 0. The number of carbonyl (C=O) groups is 2. The second-order valence-corrected chi connectivity index (χ2v) is 1.19. The molecule has 0 aromatic heterocycles. The molecule has 0 heterocycles. The molecule has 0 atom stereocenters. The van der Waals surface area contributed by atoms with Crippen molar-refractivity contribution >= 4 is 11.9 Å². The van der Waals surface area contributed by atoms with E-state index >= 15 is 0 Å². The molecule has 2 N–H and O–H groups in total. The molecule has 0 unspecified atom stereocenters. The molecule has 0 amide bonds. The van der Waals surface area contributed by atoms with Gasteiger partial charge >= 0.3 is 6.16 Å². The minimum atomic E-state index is -1.83. The van der Waals surface area contributed by atoms with E-state index in [2.05, 4.69) is 0 Å². The van der Waals surface area contributed by atoms with E-state index in [0.29, 0.717) is 0 Å². The molecule has 0 fully saturated rings. The molecule has 0 saturated carbocycles. The average Bonchev–Trinajstić information content (AvgIpc) is 1.25. The maximum atomic E-state index is 9.44. The highest BCUT2D eigenvalue weighted by Gasteiger charge is 1.70. The van der Waals surface area contributed by atoms with Crippen molar-refractivity contribution in [1.29, 1.82) is 0 Å². The van der Waals surface area contributed by atoms with Crippen LogP contribution >= 0.6 is 0 Å². The molecular weight excluding hydrogens is 124 g/mol. The number of rotatable bonds is 0. The van der Waals surface area contributed by atoms with Gasteiger partial charge < -0.3 is 15.0 Å². The van der Waals surface area contributed by atoms with E-state index in [9.17, 15) is 4.79 Å². The van der Waals surface area contributed by atoms with Crippen LogP contribution in [-0.4, -0.2) is 22.2 Å². The van der Waals surface area contributed by atoms with Gasteiger partial charge in [0.15, 0.2) is 0 Å². The summed E-state index contributed by atoms with van der Waals surface area (Å²) in [7, 11) is 0. The van der Waals surface area contributed by atoms with Crippen molar-refractivity contribution < 1.29 is 19.8 Å². The Morgan fingerprint density at radius 3 is 1.11 bits per heavy atom. The van der Waals surface area contributed by atoms with Gasteiger partial charge in [-0.05, 0) is 13.8 Å². The lowest BCUT2D eigenvalue weighted by Crippen LogP contribution is -1.81. The van der Waals surface area contributed by atoms with Crippen LogP contribution in [0.1, 0.15) is 21.3 Å². The SMILES string of the molecule is C.CC(C)=O.O=C(O)O. The topological polar surface area (TPSA) is 74.6 Å². The zero-order valence-electron chi connectivity index (χ0n) is 4.71. The molecule has 0 spiro atoms. The molecule has 9 heavy (non-hydrogen) atoms. The summed E-state index contributed by atoms with van der Waals surface area (Å²) in [5.41, 5.74) is 0. The van der Waals surface area contributed by atoms with Crippen LogP contribution in [0.25, 0.3) is 0 Å². The molecule has 0 saturated heterocycles. The van der Waals surface area contributed by atoms with Crippen molar-refractivity contribution in [2.45, 2.75) is 21.3 Å². The highest BCUT2D eigenvalue weighted by atomic mass is 16.6. The summed E-state index contributed by atoms with van der Waals surface area (Å²) in [5, 5.41) is 13.9. The van der Waals surface area contributed by atoms with E-state index in [1.165, 1.54) is 13.8 Å². The van der Waals surface area contributed by atoms with Gasteiger partial charge in [0.2, 0.25) is 0 Å². The van der Waals surface area contributed by atoms with E-state index in [-0.39, 0.29) is 13.2 Å². The first-order chi connectivity index (χ1) is 3.46. The first-order valence-electron chi connectivity index (χ1n) is 1.86. The zero-order valence-corrected chi connectivity index (χ0v) is 4.71. The predicted octanol–water partition coefficient (Wildman–Crippen LogP) is 1.45. The Labute approximate surface area is 54.1 Å².